The normalized spacial score (nSPS) is 13.3. The molecular weight excluding hydrogens is 452 g/mol. The number of aromatic nitrogens is 3. The van der Waals surface area contributed by atoms with Gasteiger partial charge >= 0.3 is 0 Å². The van der Waals surface area contributed by atoms with E-state index < -0.39 is 0 Å². The van der Waals surface area contributed by atoms with Gasteiger partial charge in [0.2, 0.25) is 5.91 Å². The number of amides is 1. The van der Waals surface area contributed by atoms with E-state index in [1.165, 1.54) is 11.8 Å². The maximum Gasteiger partial charge on any atom is 0.237 e. The Balaban J connectivity index is 1.53. The minimum absolute atomic E-state index is 0.0727. The van der Waals surface area contributed by atoms with Crippen LogP contribution in [0.1, 0.15) is 6.42 Å². The summed E-state index contributed by atoms with van der Waals surface area (Å²) < 4.78 is 7.24. The number of anilines is 1. The third-order valence-electron chi connectivity index (χ3n) is 4.92. The molecule has 1 aliphatic heterocycles. The Morgan fingerprint density at radius 2 is 2.00 bits per heavy atom. The molecule has 2 heterocycles. The highest BCUT2D eigenvalue weighted by Gasteiger charge is 2.24. The molecule has 0 bridgehead atoms. The topological polar surface area (TPSA) is 60.2 Å². The van der Waals surface area contributed by atoms with E-state index in [9.17, 15) is 4.79 Å². The summed E-state index contributed by atoms with van der Waals surface area (Å²) in [5.74, 6) is 1.97. The van der Waals surface area contributed by atoms with E-state index in [0.717, 1.165) is 28.3 Å². The number of ether oxygens (including phenoxy) is 1. The number of carbonyl (C=O) groups is 1. The quantitative estimate of drug-likeness (QED) is 0.343. The molecule has 9 heteroatoms. The lowest BCUT2D eigenvalue weighted by Gasteiger charge is -2.28. The molecule has 0 fully saturated rings. The molecule has 0 saturated carbocycles. The number of thioether (sulfide) groups is 2. The predicted molar refractivity (Wildman–Crippen MR) is 127 cm³/mol. The van der Waals surface area contributed by atoms with Crippen molar-refractivity contribution in [2.75, 3.05) is 36.7 Å². The van der Waals surface area contributed by atoms with E-state index in [4.69, 9.17) is 16.3 Å². The number of carbonyl (C=O) groups excluding carboxylic acids is 1. The fourth-order valence-corrected chi connectivity index (χ4v) is 5.49. The second-order valence-electron chi connectivity index (χ2n) is 6.93. The van der Waals surface area contributed by atoms with Crippen molar-refractivity contribution in [2.45, 2.75) is 23.0 Å². The molecule has 0 atom stereocenters. The largest absolute Gasteiger partial charge is 0.385 e. The molecule has 1 amide bonds. The Morgan fingerprint density at radius 1 is 1.19 bits per heavy atom. The van der Waals surface area contributed by atoms with Crippen LogP contribution in [0.3, 0.4) is 0 Å². The van der Waals surface area contributed by atoms with E-state index in [1.807, 2.05) is 51.9 Å². The summed E-state index contributed by atoms with van der Waals surface area (Å²) in [7, 11) is 1.68. The third-order valence-corrected chi connectivity index (χ3v) is 7.24. The molecule has 2 aromatic carbocycles. The number of benzene rings is 2. The number of fused-ring (bicyclic) bond motifs is 1. The number of hydrogen-bond acceptors (Lipinski definition) is 6. The van der Waals surface area contributed by atoms with Crippen LogP contribution in [0, 0.1) is 0 Å². The van der Waals surface area contributed by atoms with Crippen molar-refractivity contribution in [1.82, 2.24) is 14.8 Å². The summed E-state index contributed by atoms with van der Waals surface area (Å²) in [6.07, 6.45) is 0.810. The van der Waals surface area contributed by atoms with E-state index in [-0.39, 0.29) is 5.91 Å². The van der Waals surface area contributed by atoms with Gasteiger partial charge in [-0.1, -0.05) is 47.6 Å². The minimum Gasteiger partial charge on any atom is -0.385 e. The second kappa shape index (κ2) is 10.5. The van der Waals surface area contributed by atoms with Crippen LogP contribution in [0.15, 0.2) is 58.6 Å². The zero-order valence-electron chi connectivity index (χ0n) is 17.2. The van der Waals surface area contributed by atoms with E-state index >= 15 is 0 Å². The van der Waals surface area contributed by atoms with E-state index in [1.54, 1.807) is 18.9 Å². The Hall–Kier alpha value is -2.00. The first-order valence-electron chi connectivity index (χ1n) is 10.0. The predicted octanol–water partition coefficient (Wildman–Crippen LogP) is 4.87. The van der Waals surface area contributed by atoms with E-state index in [0.29, 0.717) is 41.5 Å². The first-order chi connectivity index (χ1) is 15.2. The van der Waals surface area contributed by atoms with Crippen molar-refractivity contribution in [3.05, 3.63) is 53.6 Å². The number of halogens is 1. The molecule has 6 nitrogen and oxygen atoms in total. The highest BCUT2D eigenvalue weighted by Crippen LogP contribution is 2.35. The molecule has 0 saturated heterocycles. The lowest BCUT2D eigenvalue weighted by Crippen LogP contribution is -2.36. The van der Waals surface area contributed by atoms with Gasteiger partial charge in [-0.05, 0) is 30.7 Å². The molecule has 0 N–H and O–H groups in total. The molecule has 0 aliphatic carbocycles. The van der Waals surface area contributed by atoms with Crippen molar-refractivity contribution in [3.63, 3.8) is 0 Å². The highest BCUT2D eigenvalue weighted by atomic mass is 35.5. The van der Waals surface area contributed by atoms with Crippen LogP contribution in [-0.4, -0.2) is 52.4 Å². The molecule has 0 radical (unpaired) electrons. The Labute approximate surface area is 195 Å². The summed E-state index contributed by atoms with van der Waals surface area (Å²) in [5.41, 5.74) is 1.82. The summed E-state index contributed by atoms with van der Waals surface area (Å²) in [4.78, 5) is 16.1. The molecule has 3 aromatic rings. The fraction of sp³-hybridized carbons (Fsp3) is 0.318. The highest BCUT2D eigenvalue weighted by molar-refractivity contribution is 8.00. The van der Waals surface area contributed by atoms with Gasteiger partial charge in [-0.3, -0.25) is 4.79 Å². The molecule has 1 aliphatic rings. The van der Waals surface area contributed by atoms with Crippen molar-refractivity contribution in [3.8, 4) is 11.4 Å². The third kappa shape index (κ3) is 5.09. The van der Waals surface area contributed by atoms with Crippen LogP contribution >= 0.6 is 35.1 Å². The van der Waals surface area contributed by atoms with Gasteiger partial charge in [-0.2, -0.15) is 0 Å². The fourth-order valence-electron chi connectivity index (χ4n) is 3.44. The van der Waals surface area contributed by atoms with Gasteiger partial charge in [-0.25, -0.2) is 0 Å². The summed E-state index contributed by atoms with van der Waals surface area (Å²) in [6.45, 7) is 2.03. The van der Waals surface area contributed by atoms with Gasteiger partial charge in [0.25, 0.3) is 0 Å². The van der Waals surface area contributed by atoms with Crippen molar-refractivity contribution >= 4 is 46.7 Å². The smallest absolute Gasteiger partial charge is 0.237 e. The van der Waals surface area contributed by atoms with Crippen molar-refractivity contribution in [1.29, 1.82) is 0 Å². The summed E-state index contributed by atoms with van der Waals surface area (Å²) in [5, 5.41) is 10.1. The first-order valence-corrected chi connectivity index (χ1v) is 12.4. The molecule has 162 valence electrons. The SMILES string of the molecule is COCCCn1c(SCC(=O)N2CCSc3ccccc32)nnc1-c1ccccc1Cl. The van der Waals surface area contributed by atoms with Crippen LogP contribution in [0.25, 0.3) is 11.4 Å². The Morgan fingerprint density at radius 3 is 2.84 bits per heavy atom. The van der Waals surface area contributed by atoms with Gasteiger partial charge in [0, 0.05) is 43.0 Å². The molecule has 1 aromatic heterocycles. The Kier molecular flexibility index (Phi) is 7.55. The standard InChI is InChI=1S/C22H23ClN4O2S2/c1-29-13-6-11-27-21(16-7-2-3-8-17(16)23)24-25-22(27)31-15-20(28)26-12-14-30-19-10-5-4-9-18(19)26/h2-5,7-10H,6,11-15H2,1H3. The lowest BCUT2D eigenvalue weighted by molar-refractivity contribution is -0.116. The molecule has 0 unspecified atom stereocenters. The van der Waals surface area contributed by atoms with Crippen molar-refractivity contribution in [2.24, 2.45) is 0 Å². The zero-order chi connectivity index (χ0) is 21.6. The van der Waals surface area contributed by atoms with Crippen LogP contribution in [0.4, 0.5) is 5.69 Å². The lowest BCUT2D eigenvalue weighted by atomic mass is 10.2. The van der Waals surface area contributed by atoms with Crippen LogP contribution < -0.4 is 4.90 Å². The average Bonchev–Trinajstić information content (AvgIpc) is 3.20. The maximum absolute atomic E-state index is 13.0. The number of nitrogens with zero attached hydrogens (tertiary/aromatic N) is 4. The van der Waals surface area contributed by atoms with Crippen LogP contribution in [-0.2, 0) is 16.1 Å². The van der Waals surface area contributed by atoms with Gasteiger partial charge < -0.3 is 14.2 Å². The molecular formula is C22H23ClN4O2S2. The van der Waals surface area contributed by atoms with Gasteiger partial charge in [0.1, 0.15) is 0 Å². The first kappa shape index (κ1) is 22.2. The van der Waals surface area contributed by atoms with E-state index in [2.05, 4.69) is 16.3 Å². The average molecular weight is 475 g/mol. The molecule has 4 rings (SSSR count). The van der Waals surface area contributed by atoms with Gasteiger partial charge in [0.15, 0.2) is 11.0 Å². The number of methoxy groups -OCH3 is 1. The van der Waals surface area contributed by atoms with Gasteiger partial charge in [0.05, 0.1) is 16.5 Å². The monoisotopic (exact) mass is 474 g/mol. The number of hydrogen-bond donors (Lipinski definition) is 0. The maximum atomic E-state index is 13.0. The Bertz CT molecular complexity index is 1060. The molecule has 31 heavy (non-hydrogen) atoms. The van der Waals surface area contributed by atoms with Gasteiger partial charge in [-0.15, -0.1) is 22.0 Å². The van der Waals surface area contributed by atoms with Crippen LogP contribution in [0.2, 0.25) is 5.02 Å². The summed E-state index contributed by atoms with van der Waals surface area (Å²) in [6, 6.07) is 15.6. The summed E-state index contributed by atoms with van der Waals surface area (Å²) >= 11 is 9.60. The van der Waals surface area contributed by atoms with Crippen molar-refractivity contribution < 1.29 is 9.53 Å². The second-order valence-corrected chi connectivity index (χ2v) is 9.42. The number of rotatable bonds is 8. The zero-order valence-corrected chi connectivity index (χ0v) is 19.6. The van der Waals surface area contributed by atoms with Crippen LogP contribution in [0.5, 0.6) is 0 Å². The number of para-hydroxylation sites is 1. The molecule has 0 spiro atoms. The minimum atomic E-state index is 0.0727.